The number of phenolic OH excluding ortho intramolecular Hbond substituents is 1. The number of halogens is 1. The zero-order chi connectivity index (χ0) is 9.84. The van der Waals surface area contributed by atoms with Crippen molar-refractivity contribution >= 4 is 0 Å². The lowest BCUT2D eigenvalue weighted by Crippen LogP contribution is -2.01. The van der Waals surface area contributed by atoms with E-state index in [0.29, 0.717) is 18.4 Å². The summed E-state index contributed by atoms with van der Waals surface area (Å²) in [6.45, 7) is 1.66. The van der Waals surface area contributed by atoms with Crippen LogP contribution in [0.25, 0.3) is 0 Å². The second kappa shape index (κ2) is 4.23. The highest BCUT2D eigenvalue weighted by Gasteiger charge is 2.04. The van der Waals surface area contributed by atoms with Crippen LogP contribution in [0.3, 0.4) is 0 Å². The number of benzene rings is 1. The van der Waals surface area contributed by atoms with Gasteiger partial charge in [0.15, 0.2) is 0 Å². The molecule has 1 aromatic carbocycles. The summed E-state index contributed by atoms with van der Waals surface area (Å²) in [6.07, 6.45) is 0.584. The molecule has 1 rings (SSSR count). The summed E-state index contributed by atoms with van der Waals surface area (Å²) < 4.78 is 12.7. The monoisotopic (exact) mass is 184 g/mol. The molecule has 2 nitrogen and oxygen atoms in total. The van der Waals surface area contributed by atoms with Crippen molar-refractivity contribution in [1.82, 2.24) is 0 Å². The van der Waals surface area contributed by atoms with Gasteiger partial charge in [-0.2, -0.15) is 0 Å². The van der Waals surface area contributed by atoms with E-state index in [4.69, 9.17) is 5.11 Å². The number of rotatable bonds is 3. The Balaban J connectivity index is 2.70. The van der Waals surface area contributed by atoms with Crippen LogP contribution in [0.2, 0.25) is 0 Å². The Hall–Kier alpha value is -1.09. The number of hydrogen-bond acceptors (Lipinski definition) is 2. The molecule has 0 aliphatic rings. The molecule has 0 amide bonds. The highest BCUT2D eigenvalue weighted by Crippen LogP contribution is 2.19. The summed E-state index contributed by atoms with van der Waals surface area (Å²) in [5.74, 6) is -0.277. The molecule has 3 heteroatoms. The summed E-state index contributed by atoms with van der Waals surface area (Å²) in [6, 6.07) is 3.83. The second-order valence-electron chi connectivity index (χ2n) is 3.16. The molecular formula is C10H13FO2. The van der Waals surface area contributed by atoms with Crippen LogP contribution < -0.4 is 0 Å². The van der Waals surface area contributed by atoms with Crippen LogP contribution in [0.1, 0.15) is 18.9 Å². The molecule has 0 heterocycles. The predicted molar refractivity (Wildman–Crippen MR) is 48.1 cm³/mol. The summed E-state index contributed by atoms with van der Waals surface area (Å²) in [7, 11) is 0. The van der Waals surface area contributed by atoms with Crippen molar-refractivity contribution in [3.05, 3.63) is 29.6 Å². The van der Waals surface area contributed by atoms with Crippen molar-refractivity contribution in [3.63, 3.8) is 0 Å². The van der Waals surface area contributed by atoms with Crippen LogP contribution in [-0.4, -0.2) is 16.3 Å². The molecular weight excluding hydrogens is 171 g/mol. The van der Waals surface area contributed by atoms with Crippen LogP contribution in [-0.2, 0) is 6.42 Å². The minimum Gasteiger partial charge on any atom is -0.508 e. The fourth-order valence-corrected chi connectivity index (χ4v) is 1.12. The van der Waals surface area contributed by atoms with Gasteiger partial charge >= 0.3 is 0 Å². The van der Waals surface area contributed by atoms with E-state index in [1.807, 2.05) is 0 Å². The average Bonchev–Trinajstić information content (AvgIpc) is 2.06. The van der Waals surface area contributed by atoms with E-state index >= 15 is 0 Å². The first-order chi connectivity index (χ1) is 6.09. The topological polar surface area (TPSA) is 40.5 Å². The van der Waals surface area contributed by atoms with Gasteiger partial charge in [0.25, 0.3) is 0 Å². The predicted octanol–water partition coefficient (Wildman–Crippen LogP) is 1.84. The highest BCUT2D eigenvalue weighted by atomic mass is 19.1. The fraction of sp³-hybridized carbons (Fsp3) is 0.400. The van der Waals surface area contributed by atoms with Crippen LogP contribution in [0, 0.1) is 5.82 Å². The van der Waals surface area contributed by atoms with Gasteiger partial charge in [0.1, 0.15) is 11.6 Å². The van der Waals surface area contributed by atoms with Gasteiger partial charge in [-0.1, -0.05) is 0 Å². The van der Waals surface area contributed by atoms with Crippen molar-refractivity contribution in [3.8, 4) is 5.75 Å². The molecule has 1 unspecified atom stereocenters. The minimum absolute atomic E-state index is 0.0852. The molecule has 0 aliphatic heterocycles. The average molecular weight is 184 g/mol. The number of aromatic hydroxyl groups is 1. The summed E-state index contributed by atoms with van der Waals surface area (Å²) in [4.78, 5) is 0. The zero-order valence-electron chi connectivity index (χ0n) is 7.50. The Morgan fingerprint density at radius 2 is 2.15 bits per heavy atom. The van der Waals surface area contributed by atoms with E-state index in [1.165, 1.54) is 18.2 Å². The van der Waals surface area contributed by atoms with Crippen molar-refractivity contribution in [2.75, 3.05) is 0 Å². The first-order valence-corrected chi connectivity index (χ1v) is 4.25. The fourth-order valence-electron chi connectivity index (χ4n) is 1.12. The standard InChI is InChI=1S/C10H13FO2/c1-7(12)2-3-8-6-9(11)4-5-10(8)13/h4-7,12-13H,2-3H2,1H3. The summed E-state index contributed by atoms with van der Waals surface area (Å²) >= 11 is 0. The Labute approximate surface area is 76.6 Å². The molecule has 72 valence electrons. The highest BCUT2D eigenvalue weighted by molar-refractivity contribution is 5.32. The van der Waals surface area contributed by atoms with Gasteiger partial charge in [-0.05, 0) is 43.5 Å². The summed E-state index contributed by atoms with van der Waals surface area (Å²) in [5.41, 5.74) is 0.543. The zero-order valence-corrected chi connectivity index (χ0v) is 7.50. The van der Waals surface area contributed by atoms with Gasteiger partial charge in [0.2, 0.25) is 0 Å². The largest absolute Gasteiger partial charge is 0.508 e. The van der Waals surface area contributed by atoms with E-state index in [1.54, 1.807) is 6.92 Å². The molecule has 1 aromatic rings. The van der Waals surface area contributed by atoms with Gasteiger partial charge in [0.05, 0.1) is 6.10 Å². The Morgan fingerprint density at radius 3 is 2.77 bits per heavy atom. The smallest absolute Gasteiger partial charge is 0.123 e. The Kier molecular flexibility index (Phi) is 3.25. The van der Waals surface area contributed by atoms with Crippen LogP contribution >= 0.6 is 0 Å². The SMILES string of the molecule is CC(O)CCc1cc(F)ccc1O. The van der Waals surface area contributed by atoms with E-state index in [9.17, 15) is 9.50 Å². The molecule has 0 saturated carbocycles. The van der Waals surface area contributed by atoms with E-state index in [-0.39, 0.29) is 11.6 Å². The minimum atomic E-state index is -0.428. The third-order valence-corrected chi connectivity index (χ3v) is 1.87. The van der Waals surface area contributed by atoms with Crippen LogP contribution in [0.5, 0.6) is 5.75 Å². The quantitative estimate of drug-likeness (QED) is 0.752. The van der Waals surface area contributed by atoms with Crippen LogP contribution in [0.15, 0.2) is 18.2 Å². The Bertz CT molecular complexity index is 284. The van der Waals surface area contributed by atoms with Gasteiger partial charge in [-0.25, -0.2) is 4.39 Å². The molecule has 0 spiro atoms. The lowest BCUT2D eigenvalue weighted by molar-refractivity contribution is 0.184. The van der Waals surface area contributed by atoms with Crippen molar-refractivity contribution < 1.29 is 14.6 Å². The van der Waals surface area contributed by atoms with Gasteiger partial charge < -0.3 is 10.2 Å². The number of aliphatic hydroxyl groups excluding tert-OH is 1. The molecule has 0 saturated heterocycles. The first kappa shape index (κ1) is 9.99. The first-order valence-electron chi connectivity index (χ1n) is 4.25. The van der Waals surface area contributed by atoms with Gasteiger partial charge in [0, 0.05) is 0 Å². The third kappa shape index (κ3) is 3.03. The number of aryl methyl sites for hydroxylation is 1. The molecule has 0 radical (unpaired) electrons. The Morgan fingerprint density at radius 1 is 1.46 bits per heavy atom. The molecule has 1 atom stereocenters. The maximum absolute atomic E-state index is 12.7. The number of hydrogen-bond donors (Lipinski definition) is 2. The molecule has 13 heavy (non-hydrogen) atoms. The lowest BCUT2D eigenvalue weighted by Gasteiger charge is -2.06. The maximum atomic E-state index is 12.7. The van der Waals surface area contributed by atoms with Crippen molar-refractivity contribution in [2.45, 2.75) is 25.9 Å². The van der Waals surface area contributed by atoms with Gasteiger partial charge in [-0.3, -0.25) is 0 Å². The molecule has 0 fully saturated rings. The molecule has 2 N–H and O–H groups in total. The van der Waals surface area contributed by atoms with E-state index < -0.39 is 6.10 Å². The summed E-state index contributed by atoms with van der Waals surface area (Å²) in [5, 5.41) is 18.3. The molecule has 0 bridgehead atoms. The lowest BCUT2D eigenvalue weighted by atomic mass is 10.1. The van der Waals surface area contributed by atoms with E-state index in [0.717, 1.165) is 0 Å². The molecule has 0 aliphatic carbocycles. The maximum Gasteiger partial charge on any atom is 0.123 e. The van der Waals surface area contributed by atoms with Crippen molar-refractivity contribution in [2.24, 2.45) is 0 Å². The normalized spacial score (nSPS) is 12.8. The van der Waals surface area contributed by atoms with Crippen molar-refractivity contribution in [1.29, 1.82) is 0 Å². The number of aliphatic hydroxyl groups is 1. The van der Waals surface area contributed by atoms with Crippen LogP contribution in [0.4, 0.5) is 4.39 Å². The van der Waals surface area contributed by atoms with E-state index in [2.05, 4.69) is 0 Å². The molecule has 0 aromatic heterocycles. The number of phenols is 1. The third-order valence-electron chi connectivity index (χ3n) is 1.87. The van der Waals surface area contributed by atoms with Gasteiger partial charge in [-0.15, -0.1) is 0 Å². The second-order valence-corrected chi connectivity index (χ2v) is 3.16.